The zero-order chi connectivity index (χ0) is 28.4. The number of phenols is 1. The van der Waals surface area contributed by atoms with Crippen LogP contribution >= 0.6 is 21.6 Å². The molecule has 0 bridgehead atoms. The number of carbonyl (C=O) groups is 4. The molecule has 1 fully saturated rings. The number of fused-ring (bicyclic) bond motifs is 1. The molecule has 7 N–H and O–H groups in total. The molecule has 208 valence electrons. The Bertz CT molecular complexity index is 1270. The summed E-state index contributed by atoms with van der Waals surface area (Å²) in [5.74, 6) is -2.71. The maximum atomic E-state index is 13.5. The normalized spacial score (nSPS) is 26.9. The predicted octanol–water partition coefficient (Wildman–Crippen LogP) is 1.14. The highest BCUT2D eigenvalue weighted by Gasteiger charge is 2.44. The van der Waals surface area contributed by atoms with Gasteiger partial charge in [-0.3, -0.25) is 14.4 Å². The van der Waals surface area contributed by atoms with Gasteiger partial charge in [0, 0.05) is 18.6 Å². The van der Waals surface area contributed by atoms with Gasteiger partial charge >= 0.3 is 5.97 Å². The third kappa shape index (κ3) is 6.68. The monoisotopic (exact) mass is 572 g/mol. The van der Waals surface area contributed by atoms with E-state index in [1.807, 2.05) is 18.2 Å². The number of carboxylic acids is 1. The fourth-order valence-corrected chi connectivity index (χ4v) is 7.56. The summed E-state index contributed by atoms with van der Waals surface area (Å²) in [6.45, 7) is 3.41. The largest absolute Gasteiger partial charge is 0.508 e. The SMILES string of the molecule is CC1(C)SSC[C@H](NC(=O)[C@@]2(N)Cc3ccc(O)cc3C2)C(=O)N[C@@H](Cc2ccccc2)C(=O)N[C@@H]1C(=O)O. The fourth-order valence-electron chi connectivity index (χ4n) is 4.75. The van der Waals surface area contributed by atoms with Gasteiger partial charge in [0.1, 0.15) is 29.4 Å². The molecular formula is C27H32N4O6S2. The van der Waals surface area contributed by atoms with Gasteiger partial charge in [0.15, 0.2) is 0 Å². The number of aliphatic carboxylic acids is 1. The fraction of sp³-hybridized carbons (Fsp3) is 0.407. The Hall–Kier alpha value is -3.22. The molecule has 10 nitrogen and oxygen atoms in total. The summed E-state index contributed by atoms with van der Waals surface area (Å²) in [7, 11) is 2.45. The molecule has 1 saturated heterocycles. The Kier molecular flexibility index (Phi) is 8.48. The predicted molar refractivity (Wildman–Crippen MR) is 150 cm³/mol. The molecule has 0 radical (unpaired) electrons. The van der Waals surface area contributed by atoms with Crippen LogP contribution in [0.1, 0.15) is 30.5 Å². The summed E-state index contributed by atoms with van der Waals surface area (Å²) in [6, 6.07) is 10.6. The molecule has 0 unspecified atom stereocenters. The van der Waals surface area contributed by atoms with Crippen molar-refractivity contribution in [2.45, 2.75) is 61.5 Å². The molecule has 4 atom stereocenters. The molecule has 12 heteroatoms. The van der Waals surface area contributed by atoms with Crippen molar-refractivity contribution >= 4 is 45.3 Å². The minimum atomic E-state index is -1.31. The third-order valence-corrected chi connectivity index (χ3v) is 10.2. The number of rotatable bonds is 5. The van der Waals surface area contributed by atoms with Crippen LogP contribution in [0.5, 0.6) is 5.75 Å². The van der Waals surface area contributed by atoms with Crippen molar-refractivity contribution in [1.82, 2.24) is 16.0 Å². The second-order valence-electron chi connectivity index (χ2n) is 10.5. The molecule has 2 aromatic rings. The van der Waals surface area contributed by atoms with Crippen LogP contribution in [0.3, 0.4) is 0 Å². The highest BCUT2D eigenvalue weighted by molar-refractivity contribution is 8.77. The zero-order valence-corrected chi connectivity index (χ0v) is 23.2. The van der Waals surface area contributed by atoms with Gasteiger partial charge in [0.2, 0.25) is 17.7 Å². The molecule has 1 aliphatic heterocycles. The molecule has 0 aromatic heterocycles. The number of hydrogen-bond donors (Lipinski definition) is 6. The van der Waals surface area contributed by atoms with E-state index in [0.717, 1.165) is 16.7 Å². The van der Waals surface area contributed by atoms with E-state index >= 15 is 0 Å². The molecule has 39 heavy (non-hydrogen) atoms. The van der Waals surface area contributed by atoms with Crippen LogP contribution in [0.2, 0.25) is 0 Å². The van der Waals surface area contributed by atoms with Crippen molar-refractivity contribution in [3.05, 3.63) is 65.2 Å². The van der Waals surface area contributed by atoms with E-state index in [1.54, 1.807) is 38.1 Å². The van der Waals surface area contributed by atoms with Crippen molar-refractivity contribution in [2.75, 3.05) is 5.75 Å². The quantitative estimate of drug-likeness (QED) is 0.288. The highest BCUT2D eigenvalue weighted by Crippen LogP contribution is 2.39. The maximum Gasteiger partial charge on any atom is 0.327 e. The molecule has 3 amide bonds. The summed E-state index contributed by atoms with van der Waals surface area (Å²) < 4.78 is -0.935. The van der Waals surface area contributed by atoms with Gasteiger partial charge in [-0.1, -0.05) is 58.0 Å². The van der Waals surface area contributed by atoms with Gasteiger partial charge in [-0.15, -0.1) is 0 Å². The van der Waals surface area contributed by atoms with E-state index in [4.69, 9.17) is 5.73 Å². The number of carbonyl (C=O) groups excluding carboxylic acids is 3. The first-order chi connectivity index (χ1) is 18.4. The van der Waals surface area contributed by atoms with Crippen LogP contribution in [0.4, 0.5) is 0 Å². The van der Waals surface area contributed by atoms with Gasteiger partial charge in [0.25, 0.3) is 0 Å². The number of phenolic OH excluding ortho intramolecular Hbond substituents is 1. The summed E-state index contributed by atoms with van der Waals surface area (Å²) >= 11 is 0. The Morgan fingerprint density at radius 2 is 1.74 bits per heavy atom. The maximum absolute atomic E-state index is 13.5. The lowest BCUT2D eigenvalue weighted by Crippen LogP contribution is -2.62. The summed E-state index contributed by atoms with van der Waals surface area (Å²) in [5, 5.41) is 27.8. The lowest BCUT2D eigenvalue weighted by molar-refractivity contribution is -0.143. The topological polar surface area (TPSA) is 171 Å². The van der Waals surface area contributed by atoms with Crippen LogP contribution < -0.4 is 21.7 Å². The average molecular weight is 573 g/mol. The van der Waals surface area contributed by atoms with Crippen LogP contribution in [-0.4, -0.2) is 68.1 Å². The minimum absolute atomic E-state index is 0.0830. The first kappa shape index (κ1) is 28.8. The van der Waals surface area contributed by atoms with Crippen LogP contribution in [-0.2, 0) is 38.4 Å². The van der Waals surface area contributed by atoms with Crippen molar-refractivity contribution in [1.29, 1.82) is 0 Å². The van der Waals surface area contributed by atoms with E-state index in [0.29, 0.717) is 0 Å². The number of nitrogens with one attached hydrogen (secondary N) is 3. The molecule has 0 saturated carbocycles. The first-order valence-corrected chi connectivity index (χ1v) is 14.8. The van der Waals surface area contributed by atoms with E-state index in [1.165, 1.54) is 27.7 Å². The lowest BCUT2D eigenvalue weighted by atomic mass is 9.95. The number of hydrogen-bond acceptors (Lipinski definition) is 8. The van der Waals surface area contributed by atoms with Gasteiger partial charge in [-0.25, -0.2) is 4.79 Å². The smallest absolute Gasteiger partial charge is 0.327 e. The van der Waals surface area contributed by atoms with Gasteiger partial charge in [-0.2, -0.15) is 0 Å². The van der Waals surface area contributed by atoms with Crippen molar-refractivity contribution < 1.29 is 29.4 Å². The van der Waals surface area contributed by atoms with Crippen molar-refractivity contribution in [2.24, 2.45) is 5.73 Å². The van der Waals surface area contributed by atoms with E-state index in [2.05, 4.69) is 16.0 Å². The standard InChI is InChI=1S/C27H32N4O6S2/c1-26(2)21(24(35)36)31-22(33)19(10-15-6-4-3-5-7-15)29-23(34)20(14-38-39-26)30-25(37)27(28)12-16-8-9-18(32)11-17(16)13-27/h3-9,11,19-21,32H,10,12-14,28H2,1-2H3,(H,29,34)(H,30,37)(H,31,33)(H,35,36)/t19-,20-,21+,27+/m0/s1. The number of benzene rings is 2. The summed E-state index contributed by atoms with van der Waals surface area (Å²) in [6.07, 6.45) is 0.577. The molecular weight excluding hydrogens is 540 g/mol. The molecule has 2 aliphatic rings. The molecule has 2 aromatic carbocycles. The summed E-state index contributed by atoms with van der Waals surface area (Å²) in [5.41, 5.74) is 7.58. The molecule has 1 heterocycles. The molecule has 1 aliphatic carbocycles. The number of amides is 3. The summed E-state index contributed by atoms with van der Waals surface area (Å²) in [4.78, 5) is 52.3. The third-order valence-electron chi connectivity index (χ3n) is 6.93. The van der Waals surface area contributed by atoms with E-state index in [-0.39, 0.29) is 30.8 Å². The average Bonchev–Trinajstić information content (AvgIpc) is 3.21. The van der Waals surface area contributed by atoms with Gasteiger partial charge < -0.3 is 31.9 Å². The van der Waals surface area contributed by atoms with Crippen molar-refractivity contribution in [3.8, 4) is 5.75 Å². The number of nitrogens with two attached hydrogens (primary N) is 1. The number of aromatic hydroxyl groups is 1. The molecule has 4 rings (SSSR count). The minimum Gasteiger partial charge on any atom is -0.508 e. The van der Waals surface area contributed by atoms with Crippen LogP contribution in [0.15, 0.2) is 48.5 Å². The Morgan fingerprint density at radius 3 is 2.44 bits per heavy atom. The zero-order valence-electron chi connectivity index (χ0n) is 21.6. The Morgan fingerprint density at radius 1 is 1.05 bits per heavy atom. The second kappa shape index (κ2) is 11.5. The van der Waals surface area contributed by atoms with Crippen LogP contribution in [0.25, 0.3) is 0 Å². The van der Waals surface area contributed by atoms with E-state index < -0.39 is 52.1 Å². The van der Waals surface area contributed by atoms with E-state index in [9.17, 15) is 29.4 Å². The second-order valence-corrected chi connectivity index (χ2v) is 13.5. The highest BCUT2D eigenvalue weighted by atomic mass is 33.1. The Labute approximate surface area is 234 Å². The molecule has 0 spiro atoms. The lowest BCUT2D eigenvalue weighted by Gasteiger charge is -2.31. The first-order valence-electron chi connectivity index (χ1n) is 12.5. The van der Waals surface area contributed by atoms with Crippen LogP contribution in [0, 0.1) is 0 Å². The van der Waals surface area contributed by atoms with Crippen molar-refractivity contribution in [3.63, 3.8) is 0 Å². The number of carboxylic acid groups (broad SMARTS) is 1. The van der Waals surface area contributed by atoms with Gasteiger partial charge in [-0.05, 0) is 49.1 Å². The Balaban J connectivity index is 1.58. The van der Waals surface area contributed by atoms with Gasteiger partial charge in [0.05, 0.1) is 4.75 Å².